The number of carbonyl (C=O) groups is 1. The van der Waals surface area contributed by atoms with Gasteiger partial charge in [0.2, 0.25) is 0 Å². The Hall–Kier alpha value is -2.88. The monoisotopic (exact) mass is 378 g/mol. The number of imidazole rings is 1. The van der Waals surface area contributed by atoms with Crippen LogP contribution in [-0.4, -0.2) is 28.6 Å². The van der Waals surface area contributed by atoms with Gasteiger partial charge in [-0.1, -0.05) is 19.0 Å². The largest absolute Gasteiger partial charge is 0.364 e. The molecule has 0 aliphatic rings. The number of nitrogens with one attached hydrogen (secondary N) is 1. The molecule has 0 atom stereocenters. The Bertz CT molecular complexity index is 1170. The van der Waals surface area contributed by atoms with Gasteiger partial charge < -0.3 is 4.52 Å². The van der Waals surface area contributed by atoms with E-state index in [9.17, 15) is 18.0 Å². The minimum atomic E-state index is -4.13. The third-order valence-electron chi connectivity index (χ3n) is 4.17. The van der Waals surface area contributed by atoms with Crippen LogP contribution in [0.5, 0.6) is 0 Å². The highest BCUT2D eigenvalue weighted by molar-refractivity contribution is 7.90. The molecular formula is C16H18N4O5S. The molecule has 138 valence electrons. The van der Waals surface area contributed by atoms with Crippen molar-refractivity contribution in [2.75, 3.05) is 0 Å². The van der Waals surface area contributed by atoms with Crippen LogP contribution in [0.1, 0.15) is 35.8 Å². The van der Waals surface area contributed by atoms with Crippen LogP contribution in [0.2, 0.25) is 0 Å². The van der Waals surface area contributed by atoms with Gasteiger partial charge in [0.1, 0.15) is 11.8 Å². The summed E-state index contributed by atoms with van der Waals surface area (Å²) in [6, 6.07) is 4.21. The lowest BCUT2D eigenvalue weighted by Gasteiger charge is -2.08. The van der Waals surface area contributed by atoms with Crippen molar-refractivity contribution in [3.8, 4) is 0 Å². The molecule has 9 nitrogen and oxygen atoms in total. The average molecular weight is 378 g/mol. The summed E-state index contributed by atoms with van der Waals surface area (Å²) in [6.45, 7) is 3.62. The standard InChI is InChI=1S/C16H18N4O5S/c1-9(2)14-11(8-25-17-14)15(21)18-26(23,24)10-5-6-12-13(7-10)20(4)16(22)19(12)3/h5-9H,1-4H3,(H,18,21). The second-order valence-electron chi connectivity index (χ2n) is 6.25. The summed E-state index contributed by atoms with van der Waals surface area (Å²) in [5, 5.41) is 3.73. The highest BCUT2D eigenvalue weighted by Crippen LogP contribution is 2.20. The van der Waals surface area contributed by atoms with Crippen LogP contribution < -0.4 is 10.4 Å². The van der Waals surface area contributed by atoms with E-state index >= 15 is 0 Å². The van der Waals surface area contributed by atoms with E-state index in [0.717, 1.165) is 6.26 Å². The van der Waals surface area contributed by atoms with Crippen LogP contribution in [0.15, 0.2) is 38.7 Å². The van der Waals surface area contributed by atoms with E-state index in [1.54, 1.807) is 14.1 Å². The number of benzene rings is 1. The van der Waals surface area contributed by atoms with E-state index in [1.807, 2.05) is 18.6 Å². The van der Waals surface area contributed by atoms with Crippen LogP contribution in [0.4, 0.5) is 0 Å². The van der Waals surface area contributed by atoms with Crippen molar-refractivity contribution in [1.29, 1.82) is 0 Å². The summed E-state index contributed by atoms with van der Waals surface area (Å²) in [6.07, 6.45) is 1.12. The minimum Gasteiger partial charge on any atom is -0.364 e. The highest BCUT2D eigenvalue weighted by Gasteiger charge is 2.24. The molecule has 3 aromatic rings. The predicted octanol–water partition coefficient (Wildman–Crippen LogP) is 1.11. The van der Waals surface area contributed by atoms with Gasteiger partial charge in [0.05, 0.1) is 21.6 Å². The lowest BCUT2D eigenvalue weighted by Crippen LogP contribution is -2.31. The molecule has 0 unspecified atom stereocenters. The van der Waals surface area contributed by atoms with Crippen LogP contribution in [-0.2, 0) is 24.1 Å². The molecule has 0 aliphatic heterocycles. The van der Waals surface area contributed by atoms with Crippen molar-refractivity contribution in [2.45, 2.75) is 24.7 Å². The summed E-state index contributed by atoms with van der Waals surface area (Å²) in [7, 11) is -0.989. The van der Waals surface area contributed by atoms with E-state index in [2.05, 4.69) is 5.16 Å². The van der Waals surface area contributed by atoms with Crippen LogP contribution in [0, 0.1) is 0 Å². The summed E-state index contributed by atoms with van der Waals surface area (Å²) in [5.41, 5.74) is 1.20. The number of sulfonamides is 1. The molecule has 10 heteroatoms. The molecule has 0 bridgehead atoms. The number of aryl methyl sites for hydroxylation is 2. The molecule has 0 fully saturated rings. The van der Waals surface area contributed by atoms with E-state index in [4.69, 9.17) is 4.52 Å². The molecular weight excluding hydrogens is 360 g/mol. The van der Waals surface area contributed by atoms with Gasteiger partial charge in [-0.25, -0.2) is 17.9 Å². The Morgan fingerprint density at radius 3 is 2.50 bits per heavy atom. The lowest BCUT2D eigenvalue weighted by atomic mass is 10.1. The first kappa shape index (κ1) is 17.9. The smallest absolute Gasteiger partial charge is 0.328 e. The molecule has 3 rings (SSSR count). The second kappa shape index (κ2) is 6.13. The number of nitrogens with zero attached hydrogens (tertiary/aromatic N) is 3. The maximum atomic E-state index is 12.6. The Labute approximate surface area is 149 Å². The van der Waals surface area contributed by atoms with Crippen molar-refractivity contribution >= 4 is 27.0 Å². The molecule has 2 heterocycles. The summed E-state index contributed by atoms with van der Waals surface area (Å²) < 4.78 is 34.7. The van der Waals surface area contributed by atoms with Crippen molar-refractivity contribution in [3.05, 3.63) is 46.2 Å². The van der Waals surface area contributed by atoms with Crippen molar-refractivity contribution in [2.24, 2.45) is 14.1 Å². The van der Waals surface area contributed by atoms with Gasteiger partial charge in [0.15, 0.2) is 0 Å². The predicted molar refractivity (Wildman–Crippen MR) is 93.4 cm³/mol. The lowest BCUT2D eigenvalue weighted by molar-refractivity contribution is 0.0979. The Kier molecular flexibility index (Phi) is 4.23. The number of hydrogen-bond acceptors (Lipinski definition) is 6. The third kappa shape index (κ3) is 2.81. The number of carbonyl (C=O) groups excluding carboxylic acids is 1. The van der Waals surface area contributed by atoms with Gasteiger partial charge in [-0.05, 0) is 24.1 Å². The van der Waals surface area contributed by atoms with E-state index in [1.165, 1.54) is 27.3 Å². The van der Waals surface area contributed by atoms with Crippen LogP contribution in [0.3, 0.4) is 0 Å². The maximum absolute atomic E-state index is 12.6. The molecule has 2 aromatic heterocycles. The van der Waals surface area contributed by atoms with E-state index in [0.29, 0.717) is 16.7 Å². The molecule has 1 amide bonds. The van der Waals surface area contributed by atoms with E-state index in [-0.39, 0.29) is 22.1 Å². The molecule has 0 radical (unpaired) electrons. The number of amides is 1. The molecule has 0 spiro atoms. The van der Waals surface area contributed by atoms with Gasteiger partial charge >= 0.3 is 5.69 Å². The molecule has 0 saturated carbocycles. The molecule has 1 N–H and O–H groups in total. The Balaban J connectivity index is 1.99. The summed E-state index contributed by atoms with van der Waals surface area (Å²) in [5.74, 6) is -0.926. The zero-order valence-electron chi connectivity index (χ0n) is 14.7. The molecule has 0 aliphatic carbocycles. The van der Waals surface area contributed by atoms with Gasteiger partial charge in [-0.3, -0.25) is 13.9 Å². The van der Waals surface area contributed by atoms with E-state index < -0.39 is 15.9 Å². The van der Waals surface area contributed by atoms with Crippen LogP contribution in [0.25, 0.3) is 11.0 Å². The SMILES string of the molecule is CC(C)c1nocc1C(=O)NS(=O)(=O)c1ccc2c(c1)n(C)c(=O)n2C. The van der Waals surface area contributed by atoms with Gasteiger partial charge in [-0.2, -0.15) is 0 Å². The van der Waals surface area contributed by atoms with Gasteiger partial charge in [-0.15, -0.1) is 0 Å². The fourth-order valence-electron chi connectivity index (χ4n) is 2.72. The minimum absolute atomic E-state index is 0.0664. The first-order valence-corrected chi connectivity index (χ1v) is 9.28. The Morgan fingerprint density at radius 2 is 1.85 bits per heavy atom. The Morgan fingerprint density at radius 1 is 1.19 bits per heavy atom. The fourth-order valence-corrected chi connectivity index (χ4v) is 3.71. The highest BCUT2D eigenvalue weighted by atomic mass is 32.2. The second-order valence-corrected chi connectivity index (χ2v) is 7.94. The van der Waals surface area contributed by atoms with Gasteiger partial charge in [0.25, 0.3) is 15.9 Å². The number of aromatic nitrogens is 3. The topological polar surface area (TPSA) is 116 Å². The van der Waals surface area contributed by atoms with Gasteiger partial charge in [0, 0.05) is 14.1 Å². The van der Waals surface area contributed by atoms with Crippen molar-refractivity contribution < 1.29 is 17.7 Å². The summed E-state index contributed by atoms with van der Waals surface area (Å²) >= 11 is 0. The van der Waals surface area contributed by atoms with Crippen LogP contribution >= 0.6 is 0 Å². The number of fused-ring (bicyclic) bond motifs is 1. The fraction of sp³-hybridized carbons (Fsp3) is 0.312. The molecule has 0 saturated heterocycles. The normalized spacial score (nSPS) is 12.0. The number of rotatable bonds is 4. The van der Waals surface area contributed by atoms with Crippen molar-refractivity contribution in [1.82, 2.24) is 19.0 Å². The zero-order chi connectivity index (χ0) is 19.2. The van der Waals surface area contributed by atoms with Crippen molar-refractivity contribution in [3.63, 3.8) is 0 Å². The zero-order valence-corrected chi connectivity index (χ0v) is 15.5. The quantitative estimate of drug-likeness (QED) is 0.727. The first-order chi connectivity index (χ1) is 12.1. The first-order valence-electron chi connectivity index (χ1n) is 7.80. The molecule has 1 aromatic carbocycles. The third-order valence-corrected chi connectivity index (χ3v) is 5.50. The maximum Gasteiger partial charge on any atom is 0.328 e. The number of hydrogen-bond donors (Lipinski definition) is 1. The summed E-state index contributed by atoms with van der Waals surface area (Å²) in [4.78, 5) is 24.2. The molecule has 26 heavy (non-hydrogen) atoms. The average Bonchev–Trinajstić information content (AvgIpc) is 3.15.